The molecule has 0 saturated heterocycles. The molecule has 25 heavy (non-hydrogen) atoms. The summed E-state index contributed by atoms with van der Waals surface area (Å²) < 4.78 is 10.5. The average Bonchev–Trinajstić information content (AvgIpc) is 2.57. The van der Waals surface area contributed by atoms with Crippen LogP contribution in [0, 0.1) is 13.8 Å². The Morgan fingerprint density at radius 3 is 2.56 bits per heavy atom. The number of rotatable bonds is 7. The lowest BCUT2D eigenvalue weighted by Crippen LogP contribution is -2.22. The molecule has 0 heterocycles. The summed E-state index contributed by atoms with van der Waals surface area (Å²) in [5.41, 5.74) is 2.46. The van der Waals surface area contributed by atoms with E-state index in [1.807, 2.05) is 38.1 Å². The van der Waals surface area contributed by atoms with Crippen molar-refractivity contribution in [3.63, 3.8) is 0 Å². The lowest BCUT2D eigenvalue weighted by atomic mass is 10.2. The van der Waals surface area contributed by atoms with Gasteiger partial charge >= 0.3 is 5.97 Å². The Kier molecular flexibility index (Phi) is 6.83. The Labute approximate surface area is 151 Å². The number of benzene rings is 2. The Bertz CT molecular complexity index is 761. The van der Waals surface area contributed by atoms with Crippen LogP contribution in [0.3, 0.4) is 0 Å². The van der Waals surface area contributed by atoms with E-state index in [0.29, 0.717) is 10.7 Å². The molecule has 0 aromatic heterocycles. The van der Waals surface area contributed by atoms with Crippen molar-refractivity contribution in [2.75, 3.05) is 18.5 Å². The Hall–Kier alpha value is -2.53. The zero-order chi connectivity index (χ0) is 18.2. The zero-order valence-electron chi connectivity index (χ0n) is 14.2. The van der Waals surface area contributed by atoms with Gasteiger partial charge in [0.05, 0.1) is 13.0 Å². The van der Waals surface area contributed by atoms with Crippen molar-refractivity contribution >= 4 is 29.2 Å². The molecule has 2 aromatic carbocycles. The van der Waals surface area contributed by atoms with Crippen LogP contribution in [0.15, 0.2) is 42.5 Å². The normalized spacial score (nSPS) is 10.2. The number of ether oxygens (including phenoxy) is 2. The number of halogens is 1. The van der Waals surface area contributed by atoms with Crippen LogP contribution in [-0.4, -0.2) is 25.1 Å². The van der Waals surface area contributed by atoms with Crippen LogP contribution in [0.25, 0.3) is 0 Å². The van der Waals surface area contributed by atoms with Crippen molar-refractivity contribution in [3.05, 3.63) is 58.6 Å². The fourth-order valence-corrected chi connectivity index (χ4v) is 2.36. The van der Waals surface area contributed by atoms with Gasteiger partial charge in [-0.1, -0.05) is 29.8 Å². The van der Waals surface area contributed by atoms with Crippen LogP contribution in [0.2, 0.25) is 5.02 Å². The van der Waals surface area contributed by atoms with Gasteiger partial charge in [0.15, 0.2) is 6.61 Å². The lowest BCUT2D eigenvalue weighted by Gasteiger charge is -2.10. The highest BCUT2D eigenvalue weighted by Gasteiger charge is 2.10. The molecule has 0 saturated carbocycles. The average molecular weight is 362 g/mol. The first-order valence-electron chi connectivity index (χ1n) is 7.86. The molecule has 0 radical (unpaired) electrons. The van der Waals surface area contributed by atoms with E-state index in [9.17, 15) is 9.59 Å². The molecule has 6 heteroatoms. The number of aryl methyl sites for hydroxylation is 2. The molecule has 1 N–H and O–H groups in total. The summed E-state index contributed by atoms with van der Waals surface area (Å²) >= 11 is 5.86. The number of para-hydroxylation sites is 1. The van der Waals surface area contributed by atoms with Gasteiger partial charge in [0.25, 0.3) is 5.91 Å². The highest BCUT2D eigenvalue weighted by Crippen LogP contribution is 2.19. The predicted molar refractivity (Wildman–Crippen MR) is 97.1 cm³/mol. The smallest absolute Gasteiger partial charge is 0.309 e. The first-order valence-corrected chi connectivity index (χ1v) is 8.23. The van der Waals surface area contributed by atoms with E-state index >= 15 is 0 Å². The molecule has 0 aliphatic rings. The van der Waals surface area contributed by atoms with Gasteiger partial charge in [0.2, 0.25) is 0 Å². The summed E-state index contributed by atoms with van der Waals surface area (Å²) in [5, 5.41) is 3.27. The van der Waals surface area contributed by atoms with Gasteiger partial charge in [-0.15, -0.1) is 0 Å². The molecule has 0 aliphatic carbocycles. The standard InChI is InChI=1S/C19H20ClNO4/c1-13-5-3-4-6-17(13)24-10-9-19(23)25-12-18(22)21-16-8-7-15(20)11-14(16)2/h3-8,11H,9-10,12H2,1-2H3,(H,21,22). The van der Waals surface area contributed by atoms with Crippen LogP contribution < -0.4 is 10.1 Å². The van der Waals surface area contributed by atoms with Gasteiger partial charge in [0.1, 0.15) is 5.75 Å². The summed E-state index contributed by atoms with van der Waals surface area (Å²) in [6, 6.07) is 12.7. The number of hydrogen-bond donors (Lipinski definition) is 1. The SMILES string of the molecule is Cc1cc(Cl)ccc1NC(=O)COC(=O)CCOc1ccccc1C. The van der Waals surface area contributed by atoms with E-state index in [1.54, 1.807) is 18.2 Å². The molecular weight excluding hydrogens is 342 g/mol. The van der Waals surface area contributed by atoms with Crippen molar-refractivity contribution in [3.8, 4) is 5.75 Å². The van der Waals surface area contributed by atoms with Gasteiger partial charge in [-0.2, -0.15) is 0 Å². The van der Waals surface area contributed by atoms with E-state index in [-0.39, 0.29) is 19.6 Å². The Morgan fingerprint density at radius 2 is 1.84 bits per heavy atom. The summed E-state index contributed by atoms with van der Waals surface area (Å²) in [5.74, 6) is -0.165. The number of carbonyl (C=O) groups excluding carboxylic acids is 2. The second kappa shape index (κ2) is 9.08. The highest BCUT2D eigenvalue weighted by atomic mass is 35.5. The number of amides is 1. The topological polar surface area (TPSA) is 64.6 Å². The predicted octanol–water partition coefficient (Wildman–Crippen LogP) is 3.91. The summed E-state index contributed by atoms with van der Waals surface area (Å²) in [7, 11) is 0. The minimum atomic E-state index is -0.489. The molecule has 0 aliphatic heterocycles. The van der Waals surface area contributed by atoms with Crippen molar-refractivity contribution < 1.29 is 19.1 Å². The van der Waals surface area contributed by atoms with Crippen LogP contribution in [-0.2, 0) is 14.3 Å². The van der Waals surface area contributed by atoms with Crippen LogP contribution in [0.5, 0.6) is 5.75 Å². The fraction of sp³-hybridized carbons (Fsp3) is 0.263. The lowest BCUT2D eigenvalue weighted by molar-refractivity contribution is -0.147. The Morgan fingerprint density at radius 1 is 1.08 bits per heavy atom. The molecular formula is C19H20ClNO4. The third kappa shape index (κ3) is 6.12. The third-order valence-electron chi connectivity index (χ3n) is 3.48. The number of esters is 1. The highest BCUT2D eigenvalue weighted by molar-refractivity contribution is 6.30. The molecule has 2 rings (SSSR count). The Balaban J connectivity index is 1.70. The molecule has 0 fully saturated rings. The van der Waals surface area contributed by atoms with Crippen LogP contribution in [0.1, 0.15) is 17.5 Å². The van der Waals surface area contributed by atoms with Gasteiger partial charge in [-0.05, 0) is 49.2 Å². The van der Waals surface area contributed by atoms with E-state index in [4.69, 9.17) is 21.1 Å². The van der Waals surface area contributed by atoms with Crippen LogP contribution >= 0.6 is 11.6 Å². The molecule has 5 nitrogen and oxygen atoms in total. The number of carbonyl (C=O) groups is 2. The fourth-order valence-electron chi connectivity index (χ4n) is 2.13. The molecule has 1 amide bonds. The van der Waals surface area contributed by atoms with E-state index in [2.05, 4.69) is 5.32 Å². The van der Waals surface area contributed by atoms with E-state index in [0.717, 1.165) is 16.9 Å². The minimum Gasteiger partial charge on any atom is -0.493 e. The minimum absolute atomic E-state index is 0.0710. The van der Waals surface area contributed by atoms with Crippen molar-refractivity contribution in [1.29, 1.82) is 0 Å². The summed E-state index contributed by atoms with van der Waals surface area (Å²) in [4.78, 5) is 23.5. The van der Waals surface area contributed by atoms with Gasteiger partial charge in [-0.3, -0.25) is 9.59 Å². The molecule has 0 bridgehead atoms. The molecule has 0 unspecified atom stereocenters. The maximum atomic E-state index is 11.8. The second-order valence-corrected chi connectivity index (χ2v) is 5.97. The first-order chi connectivity index (χ1) is 12.0. The van der Waals surface area contributed by atoms with Gasteiger partial charge in [0, 0.05) is 10.7 Å². The largest absolute Gasteiger partial charge is 0.493 e. The van der Waals surface area contributed by atoms with Gasteiger partial charge in [-0.25, -0.2) is 0 Å². The maximum absolute atomic E-state index is 11.8. The third-order valence-corrected chi connectivity index (χ3v) is 3.72. The summed E-state index contributed by atoms with van der Waals surface area (Å²) in [6.07, 6.45) is 0.0710. The van der Waals surface area contributed by atoms with E-state index in [1.165, 1.54) is 0 Å². The van der Waals surface area contributed by atoms with Crippen molar-refractivity contribution in [2.45, 2.75) is 20.3 Å². The number of nitrogens with one attached hydrogen (secondary N) is 1. The molecule has 2 aromatic rings. The van der Waals surface area contributed by atoms with Gasteiger partial charge < -0.3 is 14.8 Å². The van der Waals surface area contributed by atoms with E-state index < -0.39 is 11.9 Å². The van der Waals surface area contributed by atoms with Crippen molar-refractivity contribution in [2.24, 2.45) is 0 Å². The quantitative estimate of drug-likeness (QED) is 0.759. The monoisotopic (exact) mass is 361 g/mol. The molecule has 0 atom stereocenters. The number of hydrogen-bond acceptors (Lipinski definition) is 4. The molecule has 0 spiro atoms. The zero-order valence-corrected chi connectivity index (χ0v) is 14.9. The van der Waals surface area contributed by atoms with Crippen LogP contribution in [0.4, 0.5) is 5.69 Å². The number of anilines is 1. The molecule has 132 valence electrons. The first kappa shape index (κ1) is 18.8. The summed E-state index contributed by atoms with van der Waals surface area (Å²) in [6.45, 7) is 3.61. The maximum Gasteiger partial charge on any atom is 0.309 e. The van der Waals surface area contributed by atoms with Crippen molar-refractivity contribution in [1.82, 2.24) is 0 Å². The second-order valence-electron chi connectivity index (χ2n) is 5.53.